The summed E-state index contributed by atoms with van der Waals surface area (Å²) in [4.78, 5) is 45.1. The number of aryl methyl sites for hydroxylation is 1. The molecular formula is C46H34BrCl2N5O5S2. The molecule has 0 fully saturated rings. The lowest BCUT2D eigenvalue weighted by molar-refractivity contribution is 0.0594. The first-order valence-electron chi connectivity index (χ1n) is 18.7. The van der Waals surface area contributed by atoms with Crippen LogP contribution in [0.2, 0.25) is 10.0 Å². The minimum atomic E-state index is -0.479. The topological polar surface area (TPSA) is 128 Å². The Morgan fingerprint density at radius 2 is 1.36 bits per heavy atom. The first-order valence-corrected chi connectivity index (χ1v) is 22.3. The third-order valence-electron chi connectivity index (χ3n) is 10.1. The van der Waals surface area contributed by atoms with Crippen molar-refractivity contribution in [3.8, 4) is 11.5 Å². The Hall–Kier alpha value is -5.70. The third kappa shape index (κ3) is 8.49. The summed E-state index contributed by atoms with van der Waals surface area (Å²) in [6.07, 6.45) is -0.443. The SMILES string of the molecule is COC(=O)c1ccc2c(CBr)c3scnc3nc2c1OC(c1ccccc1)c1ccccc1.Cc1c2ccc(C(=O)N(C)Cc3cc(Cl)cc(Cl)c3)c(O)c2nc2ncsc12. The molecule has 4 aromatic heterocycles. The number of carbonyl (C=O) groups excluding carboxylic acids is 2. The van der Waals surface area contributed by atoms with Crippen LogP contribution in [-0.4, -0.2) is 56.0 Å². The number of alkyl halides is 1. The average Bonchev–Trinajstić information content (AvgIpc) is 3.95. The number of amides is 1. The number of phenols is 1. The van der Waals surface area contributed by atoms with E-state index in [0.29, 0.717) is 55.6 Å². The third-order valence-corrected chi connectivity index (χ3v) is 12.9. The number of pyridine rings is 2. The normalized spacial score (nSPS) is 11.3. The molecule has 1 N–H and O–H groups in total. The second-order valence-corrected chi connectivity index (χ2v) is 17.1. The smallest absolute Gasteiger partial charge is 0.341 e. The van der Waals surface area contributed by atoms with Crippen molar-refractivity contribution in [2.75, 3.05) is 14.2 Å². The van der Waals surface area contributed by atoms with E-state index in [0.717, 1.165) is 48.0 Å². The van der Waals surface area contributed by atoms with Crippen LogP contribution in [0.25, 0.3) is 42.5 Å². The number of ether oxygens (including phenoxy) is 2. The van der Waals surface area contributed by atoms with Gasteiger partial charge in [-0.05, 0) is 65.1 Å². The van der Waals surface area contributed by atoms with Gasteiger partial charge in [-0.3, -0.25) is 4.79 Å². The number of methoxy groups -OCH3 is 1. The number of hydrogen-bond donors (Lipinski definition) is 1. The van der Waals surface area contributed by atoms with Crippen LogP contribution in [-0.2, 0) is 16.6 Å². The van der Waals surface area contributed by atoms with E-state index in [9.17, 15) is 14.7 Å². The number of thiazole rings is 2. The van der Waals surface area contributed by atoms with Gasteiger partial charge in [-0.1, -0.05) is 112 Å². The molecule has 0 aliphatic carbocycles. The summed E-state index contributed by atoms with van der Waals surface area (Å²) in [6.45, 7) is 2.26. The predicted molar refractivity (Wildman–Crippen MR) is 248 cm³/mol. The van der Waals surface area contributed by atoms with E-state index in [2.05, 4.69) is 30.9 Å². The Kier molecular flexibility index (Phi) is 12.5. The van der Waals surface area contributed by atoms with Gasteiger partial charge in [-0.25, -0.2) is 24.7 Å². The van der Waals surface area contributed by atoms with Crippen molar-refractivity contribution in [1.82, 2.24) is 24.8 Å². The zero-order chi connectivity index (χ0) is 42.8. The summed E-state index contributed by atoms with van der Waals surface area (Å²) in [5, 5.41) is 14.1. The lowest BCUT2D eigenvalue weighted by Crippen LogP contribution is -2.26. The van der Waals surface area contributed by atoms with Crippen LogP contribution < -0.4 is 4.74 Å². The number of esters is 1. The number of hydrogen-bond acceptors (Lipinski definition) is 11. The van der Waals surface area contributed by atoms with Crippen LogP contribution in [0.4, 0.5) is 0 Å². The molecule has 1 amide bonds. The van der Waals surface area contributed by atoms with Crippen molar-refractivity contribution in [3.63, 3.8) is 0 Å². The first-order chi connectivity index (χ1) is 29.6. The quantitative estimate of drug-likeness (QED) is 0.111. The zero-order valence-corrected chi connectivity index (χ0v) is 37.5. The lowest BCUT2D eigenvalue weighted by Gasteiger charge is -2.23. The molecule has 0 aliphatic heterocycles. The van der Waals surface area contributed by atoms with Gasteiger partial charge in [-0.15, -0.1) is 22.7 Å². The van der Waals surface area contributed by atoms with Crippen molar-refractivity contribution >= 4 is 116 Å². The molecular weight excluding hydrogens is 917 g/mol. The van der Waals surface area contributed by atoms with Crippen LogP contribution in [0, 0.1) is 6.92 Å². The van der Waals surface area contributed by atoms with Gasteiger partial charge in [-0.2, -0.15) is 0 Å². The number of benzene rings is 5. The predicted octanol–water partition coefficient (Wildman–Crippen LogP) is 12.1. The van der Waals surface area contributed by atoms with Gasteiger partial charge >= 0.3 is 5.97 Å². The molecule has 4 heterocycles. The Balaban J connectivity index is 0.000000171. The summed E-state index contributed by atoms with van der Waals surface area (Å²) in [6, 6.07) is 32.1. The second kappa shape index (κ2) is 18.1. The number of rotatable bonds is 9. The maximum absolute atomic E-state index is 12.9. The van der Waals surface area contributed by atoms with E-state index in [-0.39, 0.29) is 17.2 Å². The molecule has 5 aromatic carbocycles. The van der Waals surface area contributed by atoms with Gasteiger partial charge in [0, 0.05) is 39.7 Å². The number of aromatic nitrogens is 4. The maximum atomic E-state index is 12.9. The van der Waals surface area contributed by atoms with E-state index in [1.165, 1.54) is 23.3 Å². The summed E-state index contributed by atoms with van der Waals surface area (Å²) in [7, 11) is 3.02. The van der Waals surface area contributed by atoms with Crippen LogP contribution >= 0.6 is 61.8 Å². The van der Waals surface area contributed by atoms with Crippen molar-refractivity contribution in [3.05, 3.63) is 163 Å². The van der Waals surface area contributed by atoms with Crippen LogP contribution in [0.5, 0.6) is 11.5 Å². The average molecular weight is 952 g/mol. The van der Waals surface area contributed by atoms with Crippen LogP contribution in [0.15, 0.2) is 114 Å². The van der Waals surface area contributed by atoms with Crippen molar-refractivity contribution in [1.29, 1.82) is 0 Å². The number of nitrogens with zero attached hydrogens (tertiary/aromatic N) is 5. The summed E-state index contributed by atoms with van der Waals surface area (Å²) < 4.78 is 13.7. The Morgan fingerprint density at radius 1 is 0.787 bits per heavy atom. The highest BCUT2D eigenvalue weighted by atomic mass is 79.9. The van der Waals surface area contributed by atoms with Crippen LogP contribution in [0.1, 0.15) is 54.6 Å². The molecule has 0 saturated heterocycles. The number of aromatic hydroxyl groups is 1. The second-order valence-electron chi connectivity index (χ2n) is 13.9. The summed E-state index contributed by atoms with van der Waals surface area (Å²) in [5.74, 6) is -0.564. The molecule has 0 atom stereocenters. The van der Waals surface area contributed by atoms with E-state index < -0.39 is 12.1 Å². The number of phenolic OH excluding ortho intramolecular Hbond substituents is 1. The Morgan fingerprint density at radius 3 is 1.98 bits per heavy atom. The van der Waals surface area contributed by atoms with Crippen LogP contribution in [0.3, 0.4) is 0 Å². The highest BCUT2D eigenvalue weighted by molar-refractivity contribution is 9.08. The van der Waals surface area contributed by atoms with E-state index in [4.69, 9.17) is 37.7 Å². The molecule has 15 heteroatoms. The van der Waals surface area contributed by atoms with Gasteiger partial charge in [0.1, 0.15) is 22.7 Å². The minimum absolute atomic E-state index is 0.142. The van der Waals surface area contributed by atoms with Gasteiger partial charge in [0.15, 0.2) is 22.8 Å². The molecule has 0 unspecified atom stereocenters. The number of fused-ring (bicyclic) bond motifs is 4. The summed E-state index contributed by atoms with van der Waals surface area (Å²) in [5.41, 5.74) is 10.9. The fourth-order valence-electron chi connectivity index (χ4n) is 7.13. The molecule has 9 rings (SSSR count). The molecule has 0 aliphatic rings. The molecule has 9 aromatic rings. The van der Waals surface area contributed by atoms with E-state index >= 15 is 0 Å². The first kappa shape index (κ1) is 42.0. The Bertz CT molecular complexity index is 3040. The van der Waals surface area contributed by atoms with E-state index in [1.54, 1.807) is 59.7 Å². The standard InChI is InChI=1S/C26H19BrN2O3S.C20H15Cl2N3O2S/c1-31-26(30)19-13-12-18-20(14-27)24-25(28-15-33-24)29-21(18)23(19)32-22(16-8-4-2-5-9-16)17-10-6-3-7-11-17;1-10-14-3-4-15(17(26)16(14)24-19-18(10)28-9-23-19)20(27)25(2)8-11-5-12(21)7-13(22)6-11/h2-13,15,22H,14H2,1H3;3-7,9,26H,8H2,1-2H3. The molecule has 0 radical (unpaired) electrons. The largest absolute Gasteiger partial charge is 0.505 e. The molecule has 0 spiro atoms. The zero-order valence-electron chi connectivity index (χ0n) is 32.7. The maximum Gasteiger partial charge on any atom is 0.341 e. The number of halogens is 3. The van der Waals surface area contributed by atoms with Crippen molar-refractivity contribution < 1.29 is 24.2 Å². The molecule has 306 valence electrons. The highest BCUT2D eigenvalue weighted by Gasteiger charge is 2.26. The van der Waals surface area contributed by atoms with E-state index in [1.807, 2.05) is 79.7 Å². The number of carbonyl (C=O) groups is 2. The van der Waals surface area contributed by atoms with Gasteiger partial charge in [0.25, 0.3) is 5.91 Å². The minimum Gasteiger partial charge on any atom is -0.505 e. The van der Waals surface area contributed by atoms with Gasteiger partial charge < -0.3 is 19.5 Å². The molecule has 10 nitrogen and oxygen atoms in total. The lowest BCUT2D eigenvalue weighted by atomic mass is 10.0. The summed E-state index contributed by atoms with van der Waals surface area (Å²) >= 11 is 18.7. The van der Waals surface area contributed by atoms with Crippen molar-refractivity contribution in [2.24, 2.45) is 0 Å². The molecule has 61 heavy (non-hydrogen) atoms. The monoisotopic (exact) mass is 949 g/mol. The van der Waals surface area contributed by atoms with Gasteiger partial charge in [0.2, 0.25) is 0 Å². The highest BCUT2D eigenvalue weighted by Crippen LogP contribution is 2.40. The molecule has 0 saturated carbocycles. The molecule has 0 bridgehead atoms. The fraction of sp³-hybridized carbons (Fsp3) is 0.130. The van der Waals surface area contributed by atoms with Crippen molar-refractivity contribution in [2.45, 2.75) is 24.9 Å². The Labute approximate surface area is 376 Å². The van der Waals surface area contributed by atoms with Gasteiger partial charge in [0.05, 0.1) is 33.1 Å². The fourth-order valence-corrected chi connectivity index (χ4v) is 10.0.